The highest BCUT2D eigenvalue weighted by molar-refractivity contribution is 7.26. The molecule has 12 rings (SSSR count). The molecular formula is C62H41NS. The van der Waals surface area contributed by atoms with Crippen molar-refractivity contribution in [1.82, 2.24) is 0 Å². The van der Waals surface area contributed by atoms with E-state index in [1.807, 2.05) is 11.3 Å². The number of hydrogen-bond donors (Lipinski definition) is 0. The Balaban J connectivity index is 1.02. The number of fused-ring (bicyclic) bond motifs is 6. The molecule has 0 saturated heterocycles. The Labute approximate surface area is 377 Å². The first kappa shape index (κ1) is 37.7. The van der Waals surface area contributed by atoms with Crippen LogP contribution in [0.1, 0.15) is 0 Å². The standard InChI is InChI=1S/C62H41NS/c1-2-16-43(17-3-1)51-22-6-7-23-54(51)55-24-8-9-25-56(55)57-26-10-12-30-60(57)63(49-20-14-19-46(41-49)53-28-15-29-59-58-27-11-13-31-61(58)64-62(53)59)48-37-34-42(35-38-48)45-36-39-52-47(40-45)33-32-44-18-4-5-21-50(44)52/h1-41H. The van der Waals surface area contributed by atoms with Crippen LogP contribution in [0.2, 0.25) is 0 Å². The van der Waals surface area contributed by atoms with E-state index in [0.717, 1.165) is 22.6 Å². The second kappa shape index (κ2) is 16.0. The van der Waals surface area contributed by atoms with Crippen LogP contribution in [0, 0.1) is 0 Å². The molecule has 12 aromatic rings. The summed E-state index contributed by atoms with van der Waals surface area (Å²) in [6.07, 6.45) is 0. The molecule has 11 aromatic carbocycles. The highest BCUT2D eigenvalue weighted by Gasteiger charge is 2.21. The summed E-state index contributed by atoms with van der Waals surface area (Å²) in [4.78, 5) is 2.44. The van der Waals surface area contributed by atoms with E-state index >= 15 is 0 Å². The summed E-state index contributed by atoms with van der Waals surface area (Å²) in [5.74, 6) is 0. The molecule has 1 heterocycles. The number of hydrogen-bond acceptors (Lipinski definition) is 2. The Morgan fingerprint density at radius 1 is 0.266 bits per heavy atom. The fourth-order valence-electron chi connectivity index (χ4n) is 9.65. The van der Waals surface area contributed by atoms with Crippen LogP contribution >= 0.6 is 11.3 Å². The first-order valence-electron chi connectivity index (χ1n) is 21.9. The summed E-state index contributed by atoms with van der Waals surface area (Å²) < 4.78 is 2.62. The summed E-state index contributed by atoms with van der Waals surface area (Å²) >= 11 is 1.88. The van der Waals surface area contributed by atoms with Gasteiger partial charge in [0.2, 0.25) is 0 Å². The molecule has 0 aliphatic carbocycles. The maximum absolute atomic E-state index is 2.44. The zero-order valence-electron chi connectivity index (χ0n) is 35.0. The van der Waals surface area contributed by atoms with E-state index in [1.54, 1.807) is 0 Å². The molecule has 0 saturated carbocycles. The van der Waals surface area contributed by atoms with Crippen LogP contribution in [0.5, 0.6) is 0 Å². The third-order valence-electron chi connectivity index (χ3n) is 12.7. The average Bonchev–Trinajstić information content (AvgIpc) is 3.76. The molecule has 1 aromatic heterocycles. The number of para-hydroxylation sites is 1. The average molecular weight is 832 g/mol. The molecule has 2 heteroatoms. The molecule has 0 spiro atoms. The minimum atomic E-state index is 1.09. The quantitative estimate of drug-likeness (QED) is 0.138. The van der Waals surface area contributed by atoms with Crippen LogP contribution in [0.25, 0.3) is 97.4 Å². The second-order valence-corrected chi connectivity index (χ2v) is 17.5. The lowest BCUT2D eigenvalue weighted by molar-refractivity contribution is 1.28. The molecule has 0 N–H and O–H groups in total. The molecule has 0 aliphatic heterocycles. The SMILES string of the molecule is c1ccc(-c2ccccc2-c2ccccc2-c2ccccc2N(c2ccc(-c3ccc4c(ccc5ccccc54)c3)cc2)c2cccc(-c3cccc4c3sc3ccccc34)c2)cc1. The van der Waals surface area contributed by atoms with E-state index in [-0.39, 0.29) is 0 Å². The molecule has 0 unspecified atom stereocenters. The van der Waals surface area contributed by atoms with Gasteiger partial charge in [0.15, 0.2) is 0 Å². The van der Waals surface area contributed by atoms with Crippen molar-refractivity contribution >= 4 is 70.1 Å². The number of nitrogens with zero attached hydrogens (tertiary/aromatic N) is 1. The van der Waals surface area contributed by atoms with Crippen molar-refractivity contribution < 1.29 is 0 Å². The van der Waals surface area contributed by atoms with E-state index in [9.17, 15) is 0 Å². The topological polar surface area (TPSA) is 3.24 Å². The van der Waals surface area contributed by atoms with Gasteiger partial charge < -0.3 is 4.90 Å². The molecular weight excluding hydrogens is 791 g/mol. The van der Waals surface area contributed by atoms with Crippen LogP contribution in [0.15, 0.2) is 249 Å². The summed E-state index contributed by atoms with van der Waals surface area (Å²) in [7, 11) is 0. The smallest absolute Gasteiger partial charge is 0.0540 e. The Morgan fingerprint density at radius 3 is 1.66 bits per heavy atom. The van der Waals surface area contributed by atoms with Gasteiger partial charge in [0.05, 0.1) is 5.69 Å². The maximum atomic E-state index is 2.44. The fourth-order valence-corrected chi connectivity index (χ4v) is 10.9. The molecule has 0 atom stereocenters. The van der Waals surface area contributed by atoms with Crippen LogP contribution in [-0.4, -0.2) is 0 Å². The second-order valence-electron chi connectivity index (χ2n) is 16.4. The van der Waals surface area contributed by atoms with Crippen molar-refractivity contribution in [2.75, 3.05) is 4.90 Å². The van der Waals surface area contributed by atoms with Crippen LogP contribution in [0.3, 0.4) is 0 Å². The van der Waals surface area contributed by atoms with E-state index in [1.165, 1.54) is 91.8 Å². The van der Waals surface area contributed by atoms with Gasteiger partial charge in [0.25, 0.3) is 0 Å². The zero-order valence-corrected chi connectivity index (χ0v) is 35.8. The molecule has 0 amide bonds. The van der Waals surface area contributed by atoms with Crippen molar-refractivity contribution in [3.05, 3.63) is 249 Å². The third-order valence-corrected chi connectivity index (χ3v) is 13.9. The van der Waals surface area contributed by atoms with E-state index in [2.05, 4.69) is 254 Å². The predicted molar refractivity (Wildman–Crippen MR) is 276 cm³/mol. The number of thiophene rings is 1. The van der Waals surface area contributed by atoms with Crippen molar-refractivity contribution in [2.45, 2.75) is 0 Å². The molecule has 0 bridgehead atoms. The zero-order chi connectivity index (χ0) is 42.4. The van der Waals surface area contributed by atoms with Crippen molar-refractivity contribution in [3.63, 3.8) is 0 Å². The van der Waals surface area contributed by atoms with Gasteiger partial charge in [-0.25, -0.2) is 0 Å². The highest BCUT2D eigenvalue weighted by atomic mass is 32.1. The van der Waals surface area contributed by atoms with Crippen molar-refractivity contribution in [1.29, 1.82) is 0 Å². The minimum absolute atomic E-state index is 1.09. The molecule has 0 radical (unpaired) electrons. The number of benzene rings is 11. The highest BCUT2D eigenvalue weighted by Crippen LogP contribution is 2.47. The molecule has 64 heavy (non-hydrogen) atoms. The molecule has 1 nitrogen and oxygen atoms in total. The van der Waals surface area contributed by atoms with Gasteiger partial charge in [-0.3, -0.25) is 0 Å². The van der Waals surface area contributed by atoms with Crippen molar-refractivity contribution in [3.8, 4) is 55.6 Å². The Hall–Kier alpha value is -8.04. The molecule has 0 aliphatic rings. The van der Waals surface area contributed by atoms with Crippen LogP contribution in [0.4, 0.5) is 17.1 Å². The Kier molecular flexibility index (Phi) is 9.43. The van der Waals surface area contributed by atoms with Crippen LogP contribution in [-0.2, 0) is 0 Å². The first-order chi connectivity index (χ1) is 31.7. The lowest BCUT2D eigenvalue weighted by Crippen LogP contribution is -2.11. The summed E-state index contributed by atoms with van der Waals surface area (Å²) in [5, 5.41) is 7.68. The summed E-state index contributed by atoms with van der Waals surface area (Å²) in [6, 6.07) is 91.0. The predicted octanol–water partition coefficient (Wildman–Crippen LogP) is 18.2. The van der Waals surface area contributed by atoms with Gasteiger partial charge in [0.1, 0.15) is 0 Å². The van der Waals surface area contributed by atoms with Gasteiger partial charge in [-0.2, -0.15) is 0 Å². The first-order valence-corrected chi connectivity index (χ1v) is 22.7. The fraction of sp³-hybridized carbons (Fsp3) is 0. The minimum Gasteiger partial charge on any atom is -0.310 e. The number of anilines is 3. The van der Waals surface area contributed by atoms with E-state index in [0.29, 0.717) is 0 Å². The van der Waals surface area contributed by atoms with E-state index < -0.39 is 0 Å². The summed E-state index contributed by atoms with van der Waals surface area (Å²) in [5.41, 5.74) is 15.3. The lowest BCUT2D eigenvalue weighted by atomic mass is 9.88. The van der Waals surface area contributed by atoms with Gasteiger partial charge in [-0.1, -0.05) is 206 Å². The largest absolute Gasteiger partial charge is 0.310 e. The third kappa shape index (κ3) is 6.64. The lowest BCUT2D eigenvalue weighted by Gasteiger charge is -2.29. The summed E-state index contributed by atoms with van der Waals surface area (Å²) in [6.45, 7) is 0. The van der Waals surface area contributed by atoms with Crippen molar-refractivity contribution in [2.24, 2.45) is 0 Å². The van der Waals surface area contributed by atoms with Crippen LogP contribution < -0.4 is 4.90 Å². The molecule has 0 fully saturated rings. The molecule has 300 valence electrons. The Morgan fingerprint density at radius 2 is 0.828 bits per heavy atom. The van der Waals surface area contributed by atoms with Gasteiger partial charge in [-0.15, -0.1) is 11.3 Å². The van der Waals surface area contributed by atoms with E-state index in [4.69, 9.17) is 0 Å². The number of rotatable bonds is 8. The van der Waals surface area contributed by atoms with Gasteiger partial charge >= 0.3 is 0 Å². The normalized spacial score (nSPS) is 11.4. The maximum Gasteiger partial charge on any atom is 0.0540 e. The van der Waals surface area contributed by atoms with Gasteiger partial charge in [0, 0.05) is 37.1 Å². The monoisotopic (exact) mass is 831 g/mol. The Bertz CT molecular complexity index is 3670. The van der Waals surface area contributed by atoms with Gasteiger partial charge in [-0.05, 0) is 114 Å².